The number of nitrogens with one attached hydrogen (secondary N) is 1. The number of hydrogen-bond donors (Lipinski definition) is 1. The van der Waals surface area contributed by atoms with E-state index in [-0.39, 0.29) is 11.8 Å². The van der Waals surface area contributed by atoms with E-state index in [1.807, 2.05) is 24.3 Å². The predicted molar refractivity (Wildman–Crippen MR) is 103 cm³/mol. The normalized spacial score (nSPS) is 14.1. The van der Waals surface area contributed by atoms with Crippen LogP contribution in [0.3, 0.4) is 0 Å². The summed E-state index contributed by atoms with van der Waals surface area (Å²) >= 11 is 0. The zero-order chi connectivity index (χ0) is 18.6. The van der Waals surface area contributed by atoms with Crippen molar-refractivity contribution in [2.24, 2.45) is 0 Å². The fourth-order valence-electron chi connectivity index (χ4n) is 3.20. The Bertz CT molecular complexity index is 991. The monoisotopic (exact) mass is 361 g/mol. The molecular formula is C21H19N3O3. The maximum Gasteiger partial charge on any atom is 0.256 e. The molecule has 0 bridgehead atoms. The van der Waals surface area contributed by atoms with Gasteiger partial charge in [-0.25, -0.2) is 0 Å². The molecule has 3 aromatic rings. The Balaban J connectivity index is 1.63. The van der Waals surface area contributed by atoms with Gasteiger partial charge in [0.1, 0.15) is 0 Å². The summed E-state index contributed by atoms with van der Waals surface area (Å²) in [6.07, 6.45) is 1.61. The van der Waals surface area contributed by atoms with Crippen LogP contribution in [0.25, 0.3) is 10.9 Å². The van der Waals surface area contributed by atoms with Crippen molar-refractivity contribution in [3.63, 3.8) is 0 Å². The van der Waals surface area contributed by atoms with Crippen molar-refractivity contribution in [1.82, 2.24) is 9.88 Å². The molecule has 0 unspecified atom stereocenters. The van der Waals surface area contributed by atoms with Gasteiger partial charge in [0, 0.05) is 24.7 Å². The Morgan fingerprint density at radius 2 is 1.67 bits per heavy atom. The Kier molecular flexibility index (Phi) is 4.80. The number of anilines is 1. The lowest BCUT2D eigenvalue weighted by Gasteiger charge is -2.27. The van der Waals surface area contributed by atoms with E-state index < -0.39 is 0 Å². The summed E-state index contributed by atoms with van der Waals surface area (Å²) in [7, 11) is 0. The fraction of sp³-hybridized carbons (Fsp3) is 0.190. The molecule has 6 heteroatoms. The van der Waals surface area contributed by atoms with Crippen LogP contribution in [0.1, 0.15) is 20.7 Å². The van der Waals surface area contributed by atoms with E-state index in [0.717, 1.165) is 10.9 Å². The second-order valence-corrected chi connectivity index (χ2v) is 6.28. The van der Waals surface area contributed by atoms with Gasteiger partial charge in [-0.3, -0.25) is 14.6 Å². The number of ether oxygens (including phenoxy) is 1. The molecule has 0 atom stereocenters. The SMILES string of the molecule is O=C(Nc1ccccc1C(=O)N1CCOCC1)c1ccnc2ccccc12. The molecule has 1 aromatic heterocycles. The molecule has 27 heavy (non-hydrogen) atoms. The summed E-state index contributed by atoms with van der Waals surface area (Å²) in [6, 6.07) is 16.2. The molecule has 1 aliphatic rings. The summed E-state index contributed by atoms with van der Waals surface area (Å²) in [5.41, 5.74) is 2.25. The van der Waals surface area contributed by atoms with Crippen LogP contribution >= 0.6 is 0 Å². The number of pyridine rings is 1. The summed E-state index contributed by atoms with van der Waals surface area (Å²) in [6.45, 7) is 2.17. The maximum atomic E-state index is 12.9. The Morgan fingerprint density at radius 3 is 2.52 bits per heavy atom. The molecule has 0 aliphatic carbocycles. The first-order valence-corrected chi connectivity index (χ1v) is 8.85. The highest BCUT2D eigenvalue weighted by Gasteiger charge is 2.22. The molecule has 1 aliphatic heterocycles. The maximum absolute atomic E-state index is 12.9. The second-order valence-electron chi connectivity index (χ2n) is 6.28. The molecule has 1 saturated heterocycles. The average Bonchev–Trinajstić information content (AvgIpc) is 2.74. The number of hydrogen-bond acceptors (Lipinski definition) is 4. The van der Waals surface area contributed by atoms with Gasteiger partial charge >= 0.3 is 0 Å². The molecular weight excluding hydrogens is 342 g/mol. The molecule has 4 rings (SSSR count). The van der Waals surface area contributed by atoms with E-state index in [1.165, 1.54) is 0 Å². The first kappa shape index (κ1) is 17.2. The molecule has 1 fully saturated rings. The lowest BCUT2D eigenvalue weighted by atomic mass is 10.1. The van der Waals surface area contributed by atoms with Gasteiger partial charge < -0.3 is 15.0 Å². The molecule has 0 saturated carbocycles. The first-order chi connectivity index (χ1) is 13.2. The topological polar surface area (TPSA) is 71.5 Å². The Labute approximate surface area is 156 Å². The van der Waals surface area contributed by atoms with E-state index in [0.29, 0.717) is 43.1 Å². The van der Waals surface area contributed by atoms with Crippen molar-refractivity contribution in [3.8, 4) is 0 Å². The molecule has 1 N–H and O–H groups in total. The summed E-state index contributed by atoms with van der Waals surface area (Å²) in [5.74, 6) is -0.371. The molecule has 0 radical (unpaired) electrons. The van der Waals surface area contributed by atoms with E-state index in [9.17, 15) is 9.59 Å². The van der Waals surface area contributed by atoms with Gasteiger partial charge in [0.15, 0.2) is 0 Å². The number of carbonyl (C=O) groups is 2. The highest BCUT2D eigenvalue weighted by atomic mass is 16.5. The van der Waals surface area contributed by atoms with Crippen LogP contribution in [0.5, 0.6) is 0 Å². The lowest BCUT2D eigenvalue weighted by molar-refractivity contribution is 0.0303. The molecule has 2 amide bonds. The van der Waals surface area contributed by atoms with Crippen LogP contribution in [0, 0.1) is 0 Å². The molecule has 0 spiro atoms. The van der Waals surface area contributed by atoms with E-state index >= 15 is 0 Å². The number of rotatable bonds is 3. The number of aromatic nitrogens is 1. The zero-order valence-electron chi connectivity index (χ0n) is 14.7. The predicted octanol–water partition coefficient (Wildman–Crippen LogP) is 2.96. The van der Waals surface area contributed by atoms with Gasteiger partial charge in [-0.15, -0.1) is 0 Å². The highest BCUT2D eigenvalue weighted by Crippen LogP contribution is 2.21. The minimum Gasteiger partial charge on any atom is -0.378 e. The quantitative estimate of drug-likeness (QED) is 0.779. The van der Waals surface area contributed by atoms with E-state index in [2.05, 4.69) is 10.3 Å². The average molecular weight is 361 g/mol. The van der Waals surface area contributed by atoms with Crippen molar-refractivity contribution in [3.05, 3.63) is 71.9 Å². The number of amides is 2. The van der Waals surface area contributed by atoms with Gasteiger partial charge in [-0.1, -0.05) is 30.3 Å². The van der Waals surface area contributed by atoms with E-state index in [1.54, 1.807) is 41.4 Å². The fourth-order valence-corrected chi connectivity index (χ4v) is 3.20. The summed E-state index contributed by atoms with van der Waals surface area (Å²) in [4.78, 5) is 31.8. The van der Waals surface area contributed by atoms with E-state index in [4.69, 9.17) is 4.74 Å². The first-order valence-electron chi connectivity index (χ1n) is 8.85. The van der Waals surface area contributed by atoms with Gasteiger partial charge in [0.2, 0.25) is 0 Å². The van der Waals surface area contributed by atoms with Crippen LogP contribution in [-0.4, -0.2) is 48.0 Å². The largest absolute Gasteiger partial charge is 0.378 e. The lowest BCUT2D eigenvalue weighted by Crippen LogP contribution is -2.41. The van der Waals surface area contributed by atoms with Crippen LogP contribution in [0.2, 0.25) is 0 Å². The number of morpholine rings is 1. The van der Waals surface area contributed by atoms with Crippen molar-refractivity contribution in [1.29, 1.82) is 0 Å². The third-order valence-corrected chi connectivity index (χ3v) is 4.60. The summed E-state index contributed by atoms with van der Waals surface area (Å²) in [5, 5.41) is 3.67. The summed E-state index contributed by atoms with van der Waals surface area (Å²) < 4.78 is 5.31. The third kappa shape index (κ3) is 3.52. The minimum absolute atomic E-state index is 0.103. The number of nitrogens with zero attached hydrogens (tertiary/aromatic N) is 2. The van der Waals surface area contributed by atoms with Crippen LogP contribution in [-0.2, 0) is 4.74 Å². The molecule has 2 aromatic carbocycles. The molecule has 2 heterocycles. The van der Waals surface area contributed by atoms with Gasteiger partial charge in [0.25, 0.3) is 11.8 Å². The smallest absolute Gasteiger partial charge is 0.256 e. The van der Waals surface area contributed by atoms with Crippen molar-refractivity contribution < 1.29 is 14.3 Å². The Morgan fingerprint density at radius 1 is 0.926 bits per heavy atom. The minimum atomic E-state index is -0.268. The highest BCUT2D eigenvalue weighted by molar-refractivity contribution is 6.14. The van der Waals surface area contributed by atoms with Crippen LogP contribution in [0.4, 0.5) is 5.69 Å². The van der Waals surface area contributed by atoms with Gasteiger partial charge in [0.05, 0.1) is 35.5 Å². The number of fused-ring (bicyclic) bond motifs is 1. The standard InChI is InChI=1S/C21H19N3O3/c25-20(16-9-10-22-18-7-3-1-5-15(16)18)23-19-8-4-2-6-17(19)21(26)24-11-13-27-14-12-24/h1-10H,11-14H2,(H,23,25). The van der Waals surface area contributed by atoms with Gasteiger partial charge in [-0.05, 0) is 24.3 Å². The van der Waals surface area contributed by atoms with Crippen LogP contribution < -0.4 is 5.32 Å². The van der Waals surface area contributed by atoms with Crippen molar-refractivity contribution in [2.45, 2.75) is 0 Å². The number of carbonyl (C=O) groups excluding carboxylic acids is 2. The second kappa shape index (κ2) is 7.55. The van der Waals surface area contributed by atoms with Crippen molar-refractivity contribution in [2.75, 3.05) is 31.6 Å². The van der Waals surface area contributed by atoms with Crippen LogP contribution in [0.15, 0.2) is 60.8 Å². The zero-order valence-corrected chi connectivity index (χ0v) is 14.7. The molecule has 136 valence electrons. The third-order valence-electron chi connectivity index (χ3n) is 4.60. The number of para-hydroxylation sites is 2. The molecule has 6 nitrogen and oxygen atoms in total. The van der Waals surface area contributed by atoms with Gasteiger partial charge in [-0.2, -0.15) is 0 Å². The number of benzene rings is 2. The van der Waals surface area contributed by atoms with Crippen molar-refractivity contribution >= 4 is 28.4 Å². The Hall–Kier alpha value is -3.25.